The quantitative estimate of drug-likeness (QED) is 0.769. The van der Waals surface area contributed by atoms with Crippen LogP contribution in [0.4, 0.5) is 5.69 Å². The number of hydrogen-bond acceptors (Lipinski definition) is 3. The van der Waals surface area contributed by atoms with Crippen LogP contribution in [0.5, 0.6) is 0 Å². The van der Waals surface area contributed by atoms with E-state index >= 15 is 0 Å². The third-order valence-electron chi connectivity index (χ3n) is 2.81. The van der Waals surface area contributed by atoms with E-state index in [2.05, 4.69) is 17.2 Å². The van der Waals surface area contributed by atoms with Crippen molar-refractivity contribution in [1.82, 2.24) is 4.98 Å². The normalized spacial score (nSPS) is 16.8. The summed E-state index contributed by atoms with van der Waals surface area (Å²) in [5.74, 6) is 0.930. The van der Waals surface area contributed by atoms with Gasteiger partial charge in [-0.1, -0.05) is 25.1 Å². The molecule has 0 aromatic carbocycles. The number of rotatable bonds is 5. The Bertz CT molecular complexity index is 388. The monoisotopic (exact) mass is 235 g/mol. The van der Waals surface area contributed by atoms with Gasteiger partial charge in [-0.05, 0) is 31.4 Å². The number of aromatic nitrogens is 1. The Labute approximate surface area is 101 Å². The van der Waals surface area contributed by atoms with Gasteiger partial charge in [0.15, 0.2) is 0 Å². The summed E-state index contributed by atoms with van der Waals surface area (Å²) in [6.07, 6.45) is 5.76. The van der Waals surface area contributed by atoms with Gasteiger partial charge in [0, 0.05) is 17.9 Å². The van der Waals surface area contributed by atoms with Crippen molar-refractivity contribution in [3.05, 3.63) is 24.0 Å². The van der Waals surface area contributed by atoms with Crippen LogP contribution in [-0.2, 0) is 0 Å². The van der Waals surface area contributed by atoms with Crippen LogP contribution in [0, 0.1) is 5.92 Å². The van der Waals surface area contributed by atoms with Crippen LogP contribution < -0.4 is 11.1 Å². The van der Waals surface area contributed by atoms with Crippen molar-refractivity contribution in [1.29, 1.82) is 0 Å². The van der Waals surface area contributed by atoms with Crippen molar-refractivity contribution < 1.29 is 0 Å². The number of thiocarbonyl (C=S) groups is 1. The molecule has 0 saturated heterocycles. The summed E-state index contributed by atoms with van der Waals surface area (Å²) in [5, 5.41) is 3.45. The fourth-order valence-electron chi connectivity index (χ4n) is 1.85. The number of pyridine rings is 1. The first kappa shape index (κ1) is 11.3. The molecular weight excluding hydrogens is 218 g/mol. The summed E-state index contributed by atoms with van der Waals surface area (Å²) in [7, 11) is 0. The molecule has 0 spiro atoms. The van der Waals surface area contributed by atoms with Gasteiger partial charge in [-0.15, -0.1) is 0 Å². The third-order valence-corrected chi connectivity index (χ3v) is 3.02. The van der Waals surface area contributed by atoms with Crippen LogP contribution in [-0.4, -0.2) is 16.0 Å². The first-order valence-corrected chi connectivity index (χ1v) is 6.08. The summed E-state index contributed by atoms with van der Waals surface area (Å²) in [6, 6.07) is 4.35. The van der Waals surface area contributed by atoms with E-state index in [0.717, 1.165) is 11.6 Å². The van der Waals surface area contributed by atoms with Crippen molar-refractivity contribution >= 4 is 22.9 Å². The molecule has 4 heteroatoms. The highest BCUT2D eigenvalue weighted by Gasteiger charge is 2.23. The highest BCUT2D eigenvalue weighted by atomic mass is 32.1. The van der Waals surface area contributed by atoms with Gasteiger partial charge >= 0.3 is 0 Å². The molecular formula is C12H17N3S. The molecule has 1 heterocycles. The zero-order valence-corrected chi connectivity index (χ0v) is 10.3. The van der Waals surface area contributed by atoms with Gasteiger partial charge in [0.05, 0.1) is 5.69 Å². The van der Waals surface area contributed by atoms with Crippen molar-refractivity contribution in [2.24, 2.45) is 11.7 Å². The summed E-state index contributed by atoms with van der Waals surface area (Å²) in [4.78, 5) is 4.46. The van der Waals surface area contributed by atoms with Crippen LogP contribution in [0.3, 0.4) is 0 Å². The average molecular weight is 235 g/mol. The van der Waals surface area contributed by atoms with Gasteiger partial charge in [-0.2, -0.15) is 0 Å². The summed E-state index contributed by atoms with van der Waals surface area (Å²) < 4.78 is 0. The van der Waals surface area contributed by atoms with E-state index in [4.69, 9.17) is 18.0 Å². The maximum absolute atomic E-state index is 5.55. The standard InChI is InChI=1S/C12H17N3S/c1-8(6-9-2-3-9)15-10-4-5-14-11(7-10)12(13)16/h4-5,7-9H,2-3,6H2,1H3,(H2,13,16)(H,14,15). The van der Waals surface area contributed by atoms with Gasteiger partial charge in [-0.3, -0.25) is 4.98 Å². The van der Waals surface area contributed by atoms with E-state index in [-0.39, 0.29) is 0 Å². The molecule has 3 N–H and O–H groups in total. The second-order valence-corrected chi connectivity index (χ2v) is 4.96. The van der Waals surface area contributed by atoms with Crippen LogP contribution in [0.1, 0.15) is 31.9 Å². The smallest absolute Gasteiger partial charge is 0.122 e. The Morgan fingerprint density at radius 2 is 2.44 bits per heavy atom. The second-order valence-electron chi connectivity index (χ2n) is 4.52. The van der Waals surface area contributed by atoms with E-state index in [0.29, 0.717) is 16.7 Å². The largest absolute Gasteiger partial charge is 0.388 e. The van der Waals surface area contributed by atoms with Gasteiger partial charge in [0.25, 0.3) is 0 Å². The lowest BCUT2D eigenvalue weighted by Gasteiger charge is -2.15. The predicted octanol–water partition coefficient (Wildman–Crippen LogP) is 2.32. The molecule has 1 aliphatic rings. The maximum atomic E-state index is 5.55. The molecule has 0 bridgehead atoms. The molecule has 3 nitrogen and oxygen atoms in total. The molecule has 0 radical (unpaired) electrons. The molecule has 86 valence electrons. The first-order valence-electron chi connectivity index (χ1n) is 5.67. The fourth-order valence-corrected chi connectivity index (χ4v) is 1.96. The number of nitrogens with two attached hydrogens (primary N) is 1. The molecule has 0 aliphatic heterocycles. The highest BCUT2D eigenvalue weighted by Crippen LogP contribution is 2.34. The van der Waals surface area contributed by atoms with E-state index in [9.17, 15) is 0 Å². The number of nitrogens with zero attached hydrogens (tertiary/aromatic N) is 1. The lowest BCUT2D eigenvalue weighted by Crippen LogP contribution is -2.17. The van der Waals surface area contributed by atoms with Crippen molar-refractivity contribution in [2.45, 2.75) is 32.2 Å². The predicted molar refractivity (Wildman–Crippen MR) is 70.6 cm³/mol. The SMILES string of the molecule is CC(CC1CC1)Nc1ccnc(C(N)=S)c1. The molecule has 1 atom stereocenters. The number of nitrogens with one attached hydrogen (secondary N) is 1. The van der Waals surface area contributed by atoms with Gasteiger partial charge < -0.3 is 11.1 Å². The number of hydrogen-bond donors (Lipinski definition) is 2. The second kappa shape index (κ2) is 4.78. The topological polar surface area (TPSA) is 50.9 Å². The molecule has 1 aliphatic carbocycles. The van der Waals surface area contributed by atoms with E-state index in [1.807, 2.05) is 12.1 Å². The van der Waals surface area contributed by atoms with Crippen LogP contribution in [0.2, 0.25) is 0 Å². The molecule has 2 rings (SSSR count). The van der Waals surface area contributed by atoms with E-state index in [1.54, 1.807) is 6.20 Å². The van der Waals surface area contributed by atoms with Crippen LogP contribution >= 0.6 is 12.2 Å². The Morgan fingerprint density at radius 3 is 3.06 bits per heavy atom. The highest BCUT2D eigenvalue weighted by molar-refractivity contribution is 7.80. The molecule has 1 aromatic heterocycles. The van der Waals surface area contributed by atoms with Gasteiger partial charge in [0.2, 0.25) is 0 Å². The Balaban J connectivity index is 1.96. The maximum Gasteiger partial charge on any atom is 0.122 e. The summed E-state index contributed by atoms with van der Waals surface area (Å²) in [5.41, 5.74) is 7.27. The minimum absolute atomic E-state index is 0.346. The van der Waals surface area contributed by atoms with E-state index < -0.39 is 0 Å². The molecule has 16 heavy (non-hydrogen) atoms. The van der Waals surface area contributed by atoms with Gasteiger partial charge in [0.1, 0.15) is 4.99 Å². The molecule has 1 aromatic rings. The Kier molecular flexibility index (Phi) is 3.39. The summed E-state index contributed by atoms with van der Waals surface area (Å²) in [6.45, 7) is 2.21. The Hall–Kier alpha value is -1.16. The molecule has 1 fully saturated rings. The van der Waals surface area contributed by atoms with Crippen LogP contribution in [0.25, 0.3) is 0 Å². The fraction of sp³-hybridized carbons (Fsp3) is 0.500. The minimum Gasteiger partial charge on any atom is -0.388 e. The third kappa shape index (κ3) is 3.17. The number of anilines is 1. The zero-order valence-electron chi connectivity index (χ0n) is 9.44. The van der Waals surface area contributed by atoms with Crippen molar-refractivity contribution in [2.75, 3.05) is 5.32 Å². The average Bonchev–Trinajstić information content (AvgIpc) is 3.01. The molecule has 1 unspecified atom stereocenters. The lowest BCUT2D eigenvalue weighted by molar-refractivity contribution is 0.642. The summed E-state index contributed by atoms with van der Waals surface area (Å²) >= 11 is 4.90. The zero-order chi connectivity index (χ0) is 11.5. The molecule has 1 saturated carbocycles. The van der Waals surface area contributed by atoms with Crippen molar-refractivity contribution in [3.8, 4) is 0 Å². The van der Waals surface area contributed by atoms with Crippen LogP contribution in [0.15, 0.2) is 18.3 Å². The first-order chi connectivity index (χ1) is 7.65. The lowest BCUT2D eigenvalue weighted by atomic mass is 10.1. The van der Waals surface area contributed by atoms with Crippen molar-refractivity contribution in [3.63, 3.8) is 0 Å². The molecule has 0 amide bonds. The Morgan fingerprint density at radius 1 is 1.69 bits per heavy atom. The van der Waals surface area contributed by atoms with E-state index in [1.165, 1.54) is 19.3 Å². The minimum atomic E-state index is 0.346. The van der Waals surface area contributed by atoms with Gasteiger partial charge in [-0.25, -0.2) is 0 Å².